The summed E-state index contributed by atoms with van der Waals surface area (Å²) in [6.45, 7) is 5.63. The molecule has 5 heteroatoms. The first-order chi connectivity index (χ1) is 7.24. The Hall–Kier alpha value is -1.10. The number of likely N-dealkylation sites (tertiary alicyclic amines) is 1. The molecule has 0 aliphatic carbocycles. The molecule has 3 unspecified atom stereocenters. The highest BCUT2D eigenvalue weighted by Gasteiger charge is 2.37. The highest BCUT2D eigenvalue weighted by atomic mass is 16.4. The number of carboxylic acids is 1. The van der Waals surface area contributed by atoms with Crippen molar-refractivity contribution < 1.29 is 19.8 Å². The molecule has 1 rings (SSSR count). The fourth-order valence-corrected chi connectivity index (χ4v) is 1.85. The number of hydrogen-bond donors (Lipinski definition) is 2. The van der Waals surface area contributed by atoms with E-state index in [1.807, 2.05) is 0 Å². The van der Waals surface area contributed by atoms with Gasteiger partial charge in [0.1, 0.15) is 0 Å². The molecule has 0 bridgehead atoms. The third kappa shape index (κ3) is 2.72. The molecule has 92 valence electrons. The predicted octanol–water partition coefficient (Wildman–Crippen LogP) is 0.327. The number of carbonyl (C=O) groups is 2. The Morgan fingerprint density at radius 2 is 1.88 bits per heavy atom. The van der Waals surface area contributed by atoms with Crippen LogP contribution in [0.25, 0.3) is 0 Å². The number of amides is 1. The number of carboxylic acid groups (broad SMARTS) is 1. The van der Waals surface area contributed by atoms with E-state index in [2.05, 4.69) is 0 Å². The third-order valence-electron chi connectivity index (χ3n) is 3.29. The summed E-state index contributed by atoms with van der Waals surface area (Å²) in [5.41, 5.74) is -0.832. The van der Waals surface area contributed by atoms with Crippen LogP contribution in [0.4, 0.5) is 0 Å². The molecule has 0 aromatic carbocycles. The van der Waals surface area contributed by atoms with Crippen LogP contribution in [0.1, 0.15) is 27.2 Å². The summed E-state index contributed by atoms with van der Waals surface area (Å²) in [4.78, 5) is 24.2. The minimum Gasteiger partial charge on any atom is -0.481 e. The van der Waals surface area contributed by atoms with Gasteiger partial charge in [-0.05, 0) is 13.3 Å². The zero-order valence-electron chi connectivity index (χ0n) is 9.93. The minimum atomic E-state index is -0.966. The number of nitrogens with zero attached hydrogens (tertiary/aromatic N) is 1. The average molecular weight is 229 g/mol. The molecule has 0 radical (unpaired) electrons. The average Bonchev–Trinajstić information content (AvgIpc) is 2.55. The lowest BCUT2D eigenvalue weighted by Gasteiger charge is -2.24. The highest BCUT2D eigenvalue weighted by molar-refractivity contribution is 5.84. The first-order valence-electron chi connectivity index (χ1n) is 5.48. The van der Waals surface area contributed by atoms with Gasteiger partial charge in [-0.15, -0.1) is 0 Å². The Balaban J connectivity index is 2.62. The molecule has 5 nitrogen and oxygen atoms in total. The van der Waals surface area contributed by atoms with Crippen molar-refractivity contribution in [3.05, 3.63) is 0 Å². The Labute approximate surface area is 95.1 Å². The minimum absolute atomic E-state index is 0.187. The number of rotatable bonds is 3. The van der Waals surface area contributed by atoms with E-state index < -0.39 is 23.4 Å². The lowest BCUT2D eigenvalue weighted by atomic mass is 9.95. The van der Waals surface area contributed by atoms with Gasteiger partial charge >= 0.3 is 5.97 Å². The van der Waals surface area contributed by atoms with Gasteiger partial charge in [0.25, 0.3) is 0 Å². The largest absolute Gasteiger partial charge is 0.481 e. The maximum absolute atomic E-state index is 11.9. The summed E-state index contributed by atoms with van der Waals surface area (Å²) in [5, 5.41) is 18.6. The third-order valence-corrected chi connectivity index (χ3v) is 3.29. The Morgan fingerprint density at radius 3 is 2.25 bits per heavy atom. The van der Waals surface area contributed by atoms with Crippen molar-refractivity contribution in [1.82, 2.24) is 4.90 Å². The molecular formula is C11H19NO4. The quantitative estimate of drug-likeness (QED) is 0.731. The van der Waals surface area contributed by atoms with Crippen molar-refractivity contribution in [1.29, 1.82) is 0 Å². The monoisotopic (exact) mass is 229 g/mol. The van der Waals surface area contributed by atoms with Gasteiger partial charge in [0.15, 0.2) is 0 Å². The Morgan fingerprint density at radius 1 is 1.31 bits per heavy atom. The fourth-order valence-electron chi connectivity index (χ4n) is 1.85. The van der Waals surface area contributed by atoms with Gasteiger partial charge in [-0.3, -0.25) is 9.59 Å². The number of aliphatic hydroxyl groups is 1. The van der Waals surface area contributed by atoms with Crippen molar-refractivity contribution in [3.8, 4) is 0 Å². The molecule has 3 atom stereocenters. The molecule has 1 heterocycles. The van der Waals surface area contributed by atoms with Crippen molar-refractivity contribution in [2.75, 3.05) is 13.1 Å². The predicted molar refractivity (Wildman–Crippen MR) is 57.8 cm³/mol. The highest BCUT2D eigenvalue weighted by Crippen LogP contribution is 2.24. The summed E-state index contributed by atoms with van der Waals surface area (Å²) in [6, 6.07) is 0. The second-order valence-electron chi connectivity index (χ2n) is 4.92. The van der Waals surface area contributed by atoms with Gasteiger partial charge in [-0.1, -0.05) is 13.8 Å². The zero-order chi connectivity index (χ0) is 12.5. The van der Waals surface area contributed by atoms with Gasteiger partial charge in [0.2, 0.25) is 5.91 Å². The van der Waals surface area contributed by atoms with E-state index in [4.69, 9.17) is 5.11 Å². The summed E-state index contributed by atoms with van der Waals surface area (Å²) in [5.74, 6) is -2.40. The van der Waals surface area contributed by atoms with Crippen LogP contribution in [-0.4, -0.2) is 45.7 Å². The maximum atomic E-state index is 11.9. The molecular weight excluding hydrogens is 210 g/mol. The maximum Gasteiger partial charge on any atom is 0.307 e. The molecule has 1 fully saturated rings. The van der Waals surface area contributed by atoms with Gasteiger partial charge in [-0.25, -0.2) is 0 Å². The Kier molecular flexibility index (Phi) is 3.57. The number of carbonyl (C=O) groups excluding carboxylic acids is 1. The van der Waals surface area contributed by atoms with E-state index in [1.165, 1.54) is 6.92 Å². The molecule has 1 amide bonds. The standard InChI is InChI=1S/C11H19NO4/c1-7(8(2)10(14)15)9(13)12-5-4-11(3,16)6-12/h7-8,16H,4-6H2,1-3H3,(H,14,15). The first kappa shape index (κ1) is 13.0. The van der Waals surface area contributed by atoms with E-state index in [0.717, 1.165) is 0 Å². The molecule has 1 aliphatic heterocycles. The first-order valence-corrected chi connectivity index (χ1v) is 5.48. The summed E-state index contributed by atoms with van der Waals surface area (Å²) in [7, 11) is 0. The molecule has 2 N–H and O–H groups in total. The van der Waals surface area contributed by atoms with Crippen LogP contribution >= 0.6 is 0 Å². The molecule has 0 saturated carbocycles. The molecule has 16 heavy (non-hydrogen) atoms. The van der Waals surface area contributed by atoms with Crippen LogP contribution in [0, 0.1) is 11.8 Å². The van der Waals surface area contributed by atoms with Crippen LogP contribution in [0.3, 0.4) is 0 Å². The van der Waals surface area contributed by atoms with E-state index >= 15 is 0 Å². The number of hydrogen-bond acceptors (Lipinski definition) is 3. The Bertz CT molecular complexity index is 300. The van der Waals surface area contributed by atoms with Gasteiger partial charge < -0.3 is 15.1 Å². The van der Waals surface area contributed by atoms with Gasteiger partial charge in [0.05, 0.1) is 11.5 Å². The summed E-state index contributed by atoms with van der Waals surface area (Å²) in [6.07, 6.45) is 0.549. The molecule has 1 saturated heterocycles. The van der Waals surface area contributed by atoms with Crippen molar-refractivity contribution in [3.63, 3.8) is 0 Å². The SMILES string of the molecule is CC(C(=O)O)C(C)C(=O)N1CCC(C)(O)C1. The topological polar surface area (TPSA) is 77.8 Å². The van der Waals surface area contributed by atoms with Crippen LogP contribution in [0.5, 0.6) is 0 Å². The van der Waals surface area contributed by atoms with Crippen molar-refractivity contribution in [2.45, 2.75) is 32.8 Å². The number of β-amino-alcohol motifs (C(OH)–C–C–N with tert-alkyl or cyclic N) is 1. The lowest BCUT2D eigenvalue weighted by Crippen LogP contribution is -2.40. The zero-order valence-corrected chi connectivity index (χ0v) is 9.93. The van der Waals surface area contributed by atoms with E-state index in [1.54, 1.807) is 18.7 Å². The van der Waals surface area contributed by atoms with Gasteiger partial charge in [0, 0.05) is 19.0 Å². The van der Waals surface area contributed by atoms with Gasteiger partial charge in [-0.2, -0.15) is 0 Å². The van der Waals surface area contributed by atoms with E-state index in [0.29, 0.717) is 19.5 Å². The summed E-state index contributed by atoms with van der Waals surface area (Å²) < 4.78 is 0. The molecule has 0 spiro atoms. The van der Waals surface area contributed by atoms with Crippen LogP contribution in [0.2, 0.25) is 0 Å². The second-order valence-corrected chi connectivity index (χ2v) is 4.92. The van der Waals surface area contributed by atoms with Crippen LogP contribution < -0.4 is 0 Å². The normalized spacial score (nSPS) is 28.9. The smallest absolute Gasteiger partial charge is 0.307 e. The van der Waals surface area contributed by atoms with Crippen LogP contribution in [0.15, 0.2) is 0 Å². The fraction of sp³-hybridized carbons (Fsp3) is 0.818. The number of aliphatic carboxylic acids is 1. The molecule has 0 aromatic rings. The van der Waals surface area contributed by atoms with Crippen molar-refractivity contribution in [2.24, 2.45) is 11.8 Å². The second kappa shape index (κ2) is 4.41. The summed E-state index contributed by atoms with van der Waals surface area (Å²) >= 11 is 0. The molecule has 0 aromatic heterocycles. The lowest BCUT2D eigenvalue weighted by molar-refractivity contribution is -0.149. The van der Waals surface area contributed by atoms with E-state index in [-0.39, 0.29) is 5.91 Å². The van der Waals surface area contributed by atoms with Crippen molar-refractivity contribution >= 4 is 11.9 Å². The van der Waals surface area contributed by atoms with Crippen LogP contribution in [-0.2, 0) is 9.59 Å². The molecule has 1 aliphatic rings. The van der Waals surface area contributed by atoms with E-state index in [9.17, 15) is 14.7 Å².